The van der Waals surface area contributed by atoms with E-state index in [2.05, 4.69) is 5.32 Å². The average Bonchev–Trinajstić information content (AvgIpc) is 2.18. The molecular weight excluding hydrogens is 196 g/mol. The molecule has 1 amide bonds. The maximum absolute atomic E-state index is 11.6. The van der Waals surface area contributed by atoms with Crippen LogP contribution >= 0.6 is 0 Å². The number of nitrogens with one attached hydrogen (secondary N) is 1. The topological polar surface area (TPSA) is 73.6 Å². The van der Waals surface area contributed by atoms with Crippen LogP contribution in [0.2, 0.25) is 0 Å². The van der Waals surface area contributed by atoms with Crippen LogP contribution in [0.15, 0.2) is 0 Å². The van der Waals surface area contributed by atoms with Gasteiger partial charge in [-0.05, 0) is 19.8 Å². The Hall–Kier alpha value is -0.650. The minimum Gasteiger partial charge on any atom is -0.383 e. The molecule has 0 aliphatic carbocycles. The Morgan fingerprint density at radius 2 is 2.47 bits per heavy atom. The summed E-state index contributed by atoms with van der Waals surface area (Å²) in [7, 11) is 1.53. The summed E-state index contributed by atoms with van der Waals surface area (Å²) in [6.45, 7) is 2.96. The number of hydrogen-bond donors (Lipinski definition) is 2. The zero-order chi connectivity index (χ0) is 11.3. The Morgan fingerprint density at radius 1 is 1.73 bits per heavy atom. The lowest BCUT2D eigenvalue weighted by Gasteiger charge is -2.28. The quantitative estimate of drug-likeness (QED) is 0.673. The second-order valence-corrected chi connectivity index (χ2v) is 3.97. The first-order valence-corrected chi connectivity index (χ1v) is 5.30. The van der Waals surface area contributed by atoms with Crippen LogP contribution in [0.25, 0.3) is 0 Å². The highest BCUT2D eigenvalue weighted by Crippen LogP contribution is 2.12. The lowest BCUT2D eigenvalue weighted by molar-refractivity contribution is -0.125. The zero-order valence-electron chi connectivity index (χ0n) is 9.36. The van der Waals surface area contributed by atoms with Crippen molar-refractivity contribution >= 4 is 5.91 Å². The maximum Gasteiger partial charge on any atom is 0.239 e. The van der Waals surface area contributed by atoms with E-state index in [0.29, 0.717) is 6.61 Å². The fourth-order valence-corrected chi connectivity index (χ4v) is 1.69. The Labute approximate surface area is 90.3 Å². The molecule has 1 aliphatic rings. The number of methoxy groups -OCH3 is 1. The van der Waals surface area contributed by atoms with Crippen molar-refractivity contribution < 1.29 is 14.3 Å². The summed E-state index contributed by atoms with van der Waals surface area (Å²) in [6, 6.07) is -0.391. The first-order chi connectivity index (χ1) is 7.13. The molecule has 0 radical (unpaired) electrons. The molecule has 1 aliphatic heterocycles. The van der Waals surface area contributed by atoms with Crippen LogP contribution < -0.4 is 11.1 Å². The molecule has 0 aromatic heterocycles. The number of carbonyl (C=O) groups is 1. The smallest absolute Gasteiger partial charge is 0.239 e. The SMILES string of the molecule is COCC(N)C(=O)NC1CCOC(C)C1. The van der Waals surface area contributed by atoms with Gasteiger partial charge in [-0.1, -0.05) is 0 Å². The molecule has 88 valence electrons. The van der Waals surface area contributed by atoms with E-state index < -0.39 is 6.04 Å². The van der Waals surface area contributed by atoms with E-state index in [0.717, 1.165) is 12.8 Å². The Bertz CT molecular complexity index is 211. The summed E-state index contributed by atoms with van der Waals surface area (Å²) in [4.78, 5) is 11.6. The number of nitrogens with two attached hydrogens (primary N) is 1. The van der Waals surface area contributed by atoms with Gasteiger partial charge in [0.15, 0.2) is 0 Å². The minimum atomic E-state index is -0.576. The molecule has 1 rings (SSSR count). The molecule has 1 heterocycles. The third-order valence-corrected chi connectivity index (χ3v) is 2.51. The average molecular weight is 216 g/mol. The van der Waals surface area contributed by atoms with Crippen LogP contribution in [-0.2, 0) is 14.3 Å². The molecule has 0 saturated carbocycles. The van der Waals surface area contributed by atoms with Crippen molar-refractivity contribution in [3.8, 4) is 0 Å². The van der Waals surface area contributed by atoms with Gasteiger partial charge in [0.2, 0.25) is 5.91 Å². The van der Waals surface area contributed by atoms with E-state index in [1.807, 2.05) is 6.92 Å². The molecule has 3 atom stereocenters. The van der Waals surface area contributed by atoms with Crippen molar-refractivity contribution in [1.29, 1.82) is 0 Å². The van der Waals surface area contributed by atoms with Crippen LogP contribution in [0.5, 0.6) is 0 Å². The second kappa shape index (κ2) is 6.05. The number of hydrogen-bond acceptors (Lipinski definition) is 4. The van der Waals surface area contributed by atoms with Gasteiger partial charge in [0.25, 0.3) is 0 Å². The highest BCUT2D eigenvalue weighted by molar-refractivity contribution is 5.81. The van der Waals surface area contributed by atoms with Crippen molar-refractivity contribution in [2.45, 2.75) is 38.0 Å². The summed E-state index contributed by atoms with van der Waals surface area (Å²) < 4.78 is 10.2. The van der Waals surface area contributed by atoms with Crippen molar-refractivity contribution in [3.63, 3.8) is 0 Å². The highest BCUT2D eigenvalue weighted by Gasteiger charge is 2.23. The van der Waals surface area contributed by atoms with E-state index >= 15 is 0 Å². The molecule has 5 nitrogen and oxygen atoms in total. The monoisotopic (exact) mass is 216 g/mol. The molecule has 3 unspecified atom stereocenters. The standard InChI is InChI=1S/C10H20N2O3/c1-7-5-8(3-4-15-7)12-10(13)9(11)6-14-2/h7-9H,3-6,11H2,1-2H3,(H,12,13). The van der Waals surface area contributed by atoms with E-state index in [1.54, 1.807) is 0 Å². The summed E-state index contributed by atoms with van der Waals surface area (Å²) in [6.07, 6.45) is 1.92. The number of carbonyl (C=O) groups excluding carboxylic acids is 1. The van der Waals surface area contributed by atoms with Gasteiger partial charge >= 0.3 is 0 Å². The summed E-state index contributed by atoms with van der Waals surface area (Å²) >= 11 is 0. The Balaban J connectivity index is 2.30. The normalized spacial score (nSPS) is 28.5. The first kappa shape index (κ1) is 12.4. The van der Waals surface area contributed by atoms with Gasteiger partial charge in [-0.3, -0.25) is 4.79 Å². The van der Waals surface area contributed by atoms with Crippen molar-refractivity contribution in [3.05, 3.63) is 0 Å². The van der Waals surface area contributed by atoms with Crippen molar-refractivity contribution in [2.75, 3.05) is 20.3 Å². The van der Waals surface area contributed by atoms with E-state index in [1.165, 1.54) is 7.11 Å². The fraction of sp³-hybridized carbons (Fsp3) is 0.900. The number of amides is 1. The third-order valence-electron chi connectivity index (χ3n) is 2.51. The molecular formula is C10H20N2O3. The first-order valence-electron chi connectivity index (χ1n) is 5.30. The molecule has 15 heavy (non-hydrogen) atoms. The summed E-state index contributed by atoms with van der Waals surface area (Å²) in [5, 5.41) is 2.91. The molecule has 3 N–H and O–H groups in total. The van der Waals surface area contributed by atoms with Crippen molar-refractivity contribution in [1.82, 2.24) is 5.32 Å². The predicted octanol–water partition coefficient (Wildman–Crippen LogP) is -0.356. The molecule has 0 bridgehead atoms. The van der Waals surface area contributed by atoms with E-state index in [-0.39, 0.29) is 24.7 Å². The Morgan fingerprint density at radius 3 is 3.07 bits per heavy atom. The van der Waals surface area contributed by atoms with E-state index in [4.69, 9.17) is 15.2 Å². The van der Waals surface area contributed by atoms with Gasteiger partial charge in [0.1, 0.15) is 6.04 Å². The zero-order valence-corrected chi connectivity index (χ0v) is 9.36. The van der Waals surface area contributed by atoms with Crippen LogP contribution in [0.1, 0.15) is 19.8 Å². The van der Waals surface area contributed by atoms with Gasteiger partial charge in [0, 0.05) is 19.8 Å². The molecule has 1 saturated heterocycles. The summed E-state index contributed by atoms with van der Waals surface area (Å²) in [5.41, 5.74) is 5.61. The summed E-state index contributed by atoms with van der Waals surface area (Å²) in [5.74, 6) is -0.143. The maximum atomic E-state index is 11.6. The van der Waals surface area contributed by atoms with Crippen molar-refractivity contribution in [2.24, 2.45) is 5.73 Å². The number of rotatable bonds is 4. The molecule has 5 heteroatoms. The van der Waals surface area contributed by atoms with Crippen LogP contribution in [0, 0.1) is 0 Å². The van der Waals surface area contributed by atoms with Gasteiger partial charge in [-0.25, -0.2) is 0 Å². The molecule has 0 spiro atoms. The lowest BCUT2D eigenvalue weighted by atomic mass is 10.0. The predicted molar refractivity (Wildman–Crippen MR) is 56.4 cm³/mol. The Kier molecular flexibility index (Phi) is 5.01. The van der Waals surface area contributed by atoms with Gasteiger partial charge in [-0.2, -0.15) is 0 Å². The fourth-order valence-electron chi connectivity index (χ4n) is 1.69. The van der Waals surface area contributed by atoms with Gasteiger partial charge in [-0.15, -0.1) is 0 Å². The number of ether oxygens (including phenoxy) is 2. The molecule has 1 fully saturated rings. The van der Waals surface area contributed by atoms with Gasteiger partial charge < -0.3 is 20.5 Å². The highest BCUT2D eigenvalue weighted by atomic mass is 16.5. The lowest BCUT2D eigenvalue weighted by Crippen LogP contribution is -2.49. The van der Waals surface area contributed by atoms with Crippen LogP contribution in [-0.4, -0.2) is 44.4 Å². The van der Waals surface area contributed by atoms with Gasteiger partial charge in [0.05, 0.1) is 12.7 Å². The van der Waals surface area contributed by atoms with Crippen LogP contribution in [0.3, 0.4) is 0 Å². The largest absolute Gasteiger partial charge is 0.383 e. The van der Waals surface area contributed by atoms with E-state index in [9.17, 15) is 4.79 Å². The third kappa shape index (κ3) is 4.15. The van der Waals surface area contributed by atoms with Crippen LogP contribution in [0.4, 0.5) is 0 Å². The minimum absolute atomic E-state index is 0.143. The molecule has 0 aromatic rings. The second-order valence-electron chi connectivity index (χ2n) is 3.97. The molecule has 0 aromatic carbocycles.